The monoisotopic (exact) mass is 387 g/mol. The van der Waals surface area contributed by atoms with Crippen LogP contribution in [0.5, 0.6) is 0 Å². The molecule has 3 aliphatic rings. The van der Waals surface area contributed by atoms with Gasteiger partial charge in [-0.1, -0.05) is 46.4 Å². The molecular formula is C16H29F3NO2PS. The van der Waals surface area contributed by atoms with Crippen LogP contribution in [-0.2, 0) is 10.0 Å². The van der Waals surface area contributed by atoms with Crippen molar-refractivity contribution in [3.8, 4) is 0 Å². The standard InChI is InChI=1S/C15H27P.CH2F3NO2S/c1-2-8-13(7-1)16(14-9-3-4-10-14)15-11-5-6-12-15;2-1(3,4)8(5,6)7/h13-15H,1-12H2;(H2,5,6,7). The van der Waals surface area contributed by atoms with Crippen LogP contribution in [0.3, 0.4) is 0 Å². The van der Waals surface area contributed by atoms with Crippen LogP contribution in [0.2, 0.25) is 0 Å². The fourth-order valence-electron chi connectivity index (χ4n) is 4.50. The average molecular weight is 387 g/mol. The molecule has 0 atom stereocenters. The molecule has 0 aromatic heterocycles. The van der Waals surface area contributed by atoms with Gasteiger partial charge < -0.3 is 0 Å². The van der Waals surface area contributed by atoms with Crippen molar-refractivity contribution in [2.45, 2.75) is 99.5 Å². The second kappa shape index (κ2) is 8.68. The van der Waals surface area contributed by atoms with E-state index in [-0.39, 0.29) is 0 Å². The number of hydrogen-bond acceptors (Lipinski definition) is 2. The van der Waals surface area contributed by atoms with Crippen molar-refractivity contribution in [1.29, 1.82) is 0 Å². The second-order valence-electron chi connectivity index (χ2n) is 7.25. The molecule has 3 rings (SSSR count). The number of hydrogen-bond donors (Lipinski definition) is 1. The van der Waals surface area contributed by atoms with Crippen molar-refractivity contribution in [3.05, 3.63) is 0 Å². The fourth-order valence-corrected chi connectivity index (χ4v) is 9.17. The highest BCUT2D eigenvalue weighted by atomic mass is 32.2. The van der Waals surface area contributed by atoms with Gasteiger partial charge in [0, 0.05) is 0 Å². The van der Waals surface area contributed by atoms with Gasteiger partial charge in [0.2, 0.25) is 0 Å². The zero-order chi connectivity index (χ0) is 17.8. The molecule has 142 valence electrons. The molecule has 0 unspecified atom stereocenters. The molecule has 3 fully saturated rings. The molecule has 2 N–H and O–H groups in total. The summed E-state index contributed by atoms with van der Waals surface area (Å²) in [6.07, 6.45) is 19.0. The predicted octanol–water partition coefficient (Wildman–Crippen LogP) is 5.09. The quantitative estimate of drug-likeness (QED) is 0.686. The third-order valence-corrected chi connectivity index (χ3v) is 10.3. The minimum absolute atomic E-state index is 0.436. The number of nitrogens with two attached hydrogens (primary N) is 1. The number of alkyl halides is 3. The highest BCUT2D eigenvalue weighted by Gasteiger charge is 2.42. The van der Waals surface area contributed by atoms with Crippen LogP contribution in [-0.4, -0.2) is 30.9 Å². The molecule has 0 aromatic rings. The zero-order valence-electron chi connectivity index (χ0n) is 14.1. The Bertz CT molecular complexity index is 442. The number of rotatable bonds is 3. The predicted molar refractivity (Wildman–Crippen MR) is 92.9 cm³/mol. The molecule has 0 aromatic carbocycles. The molecule has 0 bridgehead atoms. The maximum absolute atomic E-state index is 10.8. The van der Waals surface area contributed by atoms with E-state index in [0.29, 0.717) is 7.92 Å². The number of halogens is 3. The van der Waals surface area contributed by atoms with Crippen LogP contribution in [0, 0.1) is 0 Å². The van der Waals surface area contributed by atoms with E-state index in [2.05, 4.69) is 5.14 Å². The molecule has 3 nitrogen and oxygen atoms in total. The summed E-state index contributed by atoms with van der Waals surface area (Å²) >= 11 is 0. The topological polar surface area (TPSA) is 60.2 Å². The molecule has 3 saturated carbocycles. The summed E-state index contributed by atoms with van der Waals surface area (Å²) < 4.78 is 51.2. The normalized spacial score (nSPS) is 24.5. The van der Waals surface area contributed by atoms with Crippen LogP contribution in [0.25, 0.3) is 0 Å². The van der Waals surface area contributed by atoms with Gasteiger partial charge in [-0.15, -0.1) is 0 Å². The first-order chi connectivity index (χ1) is 11.2. The first-order valence-corrected chi connectivity index (χ1v) is 12.2. The average Bonchev–Trinajstić information content (AvgIpc) is 3.22. The Kier molecular flexibility index (Phi) is 7.39. The van der Waals surface area contributed by atoms with Crippen molar-refractivity contribution in [3.63, 3.8) is 0 Å². The Morgan fingerprint density at radius 1 is 0.708 bits per heavy atom. The van der Waals surface area contributed by atoms with E-state index in [1.807, 2.05) is 0 Å². The molecule has 0 heterocycles. The van der Waals surface area contributed by atoms with E-state index < -0.39 is 15.5 Å². The molecule has 24 heavy (non-hydrogen) atoms. The smallest absolute Gasteiger partial charge is 0.221 e. The summed E-state index contributed by atoms with van der Waals surface area (Å²) in [4.78, 5) is 0. The number of sulfonamides is 1. The first kappa shape index (κ1) is 20.4. The largest absolute Gasteiger partial charge is 0.511 e. The van der Waals surface area contributed by atoms with Gasteiger partial charge in [0.05, 0.1) is 0 Å². The Hall–Kier alpha value is 0.130. The van der Waals surface area contributed by atoms with E-state index in [9.17, 15) is 21.6 Å². The van der Waals surface area contributed by atoms with Crippen LogP contribution < -0.4 is 5.14 Å². The van der Waals surface area contributed by atoms with Gasteiger partial charge in [-0.05, 0) is 55.5 Å². The minimum atomic E-state index is -5.34. The summed E-state index contributed by atoms with van der Waals surface area (Å²) in [5.41, 5.74) is -1.68. The van der Waals surface area contributed by atoms with Crippen LogP contribution >= 0.6 is 7.92 Å². The summed E-state index contributed by atoms with van der Waals surface area (Å²) in [6, 6.07) is 0. The van der Waals surface area contributed by atoms with E-state index in [0.717, 1.165) is 0 Å². The van der Waals surface area contributed by atoms with E-state index >= 15 is 0 Å². The summed E-state index contributed by atoms with van der Waals surface area (Å²) in [6.45, 7) is 0. The van der Waals surface area contributed by atoms with Crippen molar-refractivity contribution in [2.24, 2.45) is 5.14 Å². The summed E-state index contributed by atoms with van der Waals surface area (Å²) in [7, 11) is -4.90. The fraction of sp³-hybridized carbons (Fsp3) is 1.00. The molecule has 0 spiro atoms. The molecule has 8 heteroatoms. The van der Waals surface area contributed by atoms with Gasteiger partial charge in [0.15, 0.2) is 0 Å². The summed E-state index contributed by atoms with van der Waals surface area (Å²) in [5, 5.41) is 3.66. The molecule has 0 amide bonds. The lowest BCUT2D eigenvalue weighted by molar-refractivity contribution is -0.0436. The van der Waals surface area contributed by atoms with Gasteiger partial charge in [-0.3, -0.25) is 0 Å². The number of primary sulfonamides is 1. The van der Waals surface area contributed by atoms with Crippen molar-refractivity contribution >= 4 is 17.9 Å². The van der Waals surface area contributed by atoms with Crippen molar-refractivity contribution < 1.29 is 21.6 Å². The molecule has 0 saturated heterocycles. The van der Waals surface area contributed by atoms with Gasteiger partial charge in [0.25, 0.3) is 0 Å². The lowest BCUT2D eigenvalue weighted by Crippen LogP contribution is -2.30. The third kappa shape index (κ3) is 5.57. The first-order valence-electron chi connectivity index (χ1n) is 9.06. The Morgan fingerprint density at radius 3 is 1.08 bits per heavy atom. The summed E-state index contributed by atoms with van der Waals surface area (Å²) in [5.74, 6) is 0. The molecule has 0 radical (unpaired) electrons. The van der Waals surface area contributed by atoms with Gasteiger partial charge in [-0.2, -0.15) is 13.2 Å². The van der Waals surface area contributed by atoms with E-state index in [1.54, 1.807) is 77.0 Å². The molecular weight excluding hydrogens is 358 g/mol. The van der Waals surface area contributed by atoms with Crippen molar-refractivity contribution in [2.75, 3.05) is 0 Å². The third-order valence-electron chi connectivity index (χ3n) is 5.56. The lowest BCUT2D eigenvalue weighted by Gasteiger charge is -2.35. The maximum atomic E-state index is 10.8. The maximum Gasteiger partial charge on any atom is 0.511 e. The highest BCUT2D eigenvalue weighted by molar-refractivity contribution is 7.90. The van der Waals surface area contributed by atoms with Gasteiger partial charge >= 0.3 is 15.5 Å². The van der Waals surface area contributed by atoms with Crippen LogP contribution in [0.15, 0.2) is 0 Å². The van der Waals surface area contributed by atoms with E-state index in [4.69, 9.17) is 0 Å². The highest BCUT2D eigenvalue weighted by Crippen LogP contribution is 2.63. The lowest BCUT2D eigenvalue weighted by atomic mass is 10.3. The Balaban J connectivity index is 0.000000224. The molecule has 3 aliphatic carbocycles. The zero-order valence-corrected chi connectivity index (χ0v) is 15.8. The Morgan fingerprint density at radius 2 is 0.917 bits per heavy atom. The van der Waals surface area contributed by atoms with Crippen molar-refractivity contribution in [1.82, 2.24) is 0 Å². The minimum Gasteiger partial charge on any atom is -0.221 e. The van der Waals surface area contributed by atoms with Crippen LogP contribution in [0.4, 0.5) is 13.2 Å². The van der Waals surface area contributed by atoms with E-state index in [1.165, 1.54) is 17.0 Å². The Labute approximate surface area is 144 Å². The van der Waals surface area contributed by atoms with Crippen LogP contribution in [0.1, 0.15) is 77.0 Å². The SMILES string of the molecule is C1CCC(P(C2CCCC2)C2CCCC2)C1.NS(=O)(=O)C(F)(F)F. The van der Waals surface area contributed by atoms with Gasteiger partial charge in [0.1, 0.15) is 0 Å². The second-order valence-corrected chi connectivity index (χ2v) is 11.9. The van der Waals surface area contributed by atoms with Gasteiger partial charge in [-0.25, -0.2) is 13.6 Å². The molecule has 0 aliphatic heterocycles.